The van der Waals surface area contributed by atoms with E-state index in [1.807, 2.05) is 0 Å². The Morgan fingerprint density at radius 3 is 2.63 bits per heavy atom. The molecular weight excluding hydrogens is 372 g/mol. The molecule has 3 heteroatoms. The van der Waals surface area contributed by atoms with E-state index in [0.717, 1.165) is 43.6 Å². The summed E-state index contributed by atoms with van der Waals surface area (Å²) in [5.74, 6) is 3.94. The lowest BCUT2D eigenvalue weighted by Crippen LogP contribution is -2.52. The molecular formula is C27H42O3. The van der Waals surface area contributed by atoms with Crippen LogP contribution in [0.5, 0.6) is 0 Å². The molecule has 0 bridgehead atoms. The summed E-state index contributed by atoms with van der Waals surface area (Å²) in [6, 6.07) is 0. The minimum atomic E-state index is -0.294. The Hall–Kier alpha value is -0.380. The average Bonchev–Trinajstić information content (AvgIpc) is 3.16. The van der Waals surface area contributed by atoms with Gasteiger partial charge in [0.25, 0.3) is 0 Å². The van der Waals surface area contributed by atoms with Crippen molar-refractivity contribution in [2.45, 2.75) is 103 Å². The van der Waals surface area contributed by atoms with Crippen molar-refractivity contribution in [3.05, 3.63) is 11.6 Å². The Morgan fingerprint density at radius 1 is 1.03 bits per heavy atom. The molecule has 3 nitrogen and oxygen atoms in total. The average molecular weight is 415 g/mol. The van der Waals surface area contributed by atoms with Gasteiger partial charge in [-0.2, -0.15) is 0 Å². The molecule has 11 atom stereocenters. The smallest absolute Gasteiger partial charge is 0.171 e. The molecule has 0 unspecified atom stereocenters. The number of rotatable bonds is 0. The molecule has 3 saturated carbocycles. The Balaban J connectivity index is 1.28. The quantitative estimate of drug-likeness (QED) is 0.516. The van der Waals surface area contributed by atoms with E-state index in [9.17, 15) is 5.11 Å². The lowest BCUT2D eigenvalue weighted by molar-refractivity contribution is -0.272. The van der Waals surface area contributed by atoms with Crippen LogP contribution in [0.1, 0.15) is 85.5 Å². The molecule has 6 rings (SSSR count). The van der Waals surface area contributed by atoms with Crippen LogP contribution in [0.3, 0.4) is 0 Å². The maximum Gasteiger partial charge on any atom is 0.171 e. The standard InChI is InChI=1S/C27H42O3/c1-16-7-12-27(29-15-16)17(2)24-23(30-27)14-22-20-6-5-18-13-19(28)8-10-25(18,3)21(20)9-11-26(22,24)4/h5,16-17,19-24,28H,6-15H2,1-4H3/t16-,17-,19+,20+,21-,22-,23-,24-,25+,26+,27-/m1/s1. The van der Waals surface area contributed by atoms with Gasteiger partial charge in [-0.15, -0.1) is 0 Å². The number of aliphatic hydroxyl groups is 1. The van der Waals surface area contributed by atoms with E-state index in [1.165, 1.54) is 38.5 Å². The first-order valence-electron chi connectivity index (χ1n) is 13.0. The SMILES string of the molecule is C[C@@H]1CC[C@@]2(OC1)O[C@@H]1C[C@@H]3[C@H]4CC=C5C[C@@H](O)CC[C@]5(C)[C@@H]4CC[C@]3(C)[C@@H]1[C@H]2C. The van der Waals surface area contributed by atoms with Crippen LogP contribution in [0.2, 0.25) is 0 Å². The van der Waals surface area contributed by atoms with Gasteiger partial charge in [0.05, 0.1) is 18.8 Å². The van der Waals surface area contributed by atoms with Gasteiger partial charge >= 0.3 is 0 Å². The van der Waals surface area contributed by atoms with Crippen molar-refractivity contribution in [3.63, 3.8) is 0 Å². The zero-order chi connectivity index (χ0) is 20.9. The van der Waals surface area contributed by atoms with Crippen molar-refractivity contribution in [2.24, 2.45) is 46.3 Å². The third-order valence-electron chi connectivity index (χ3n) is 11.3. The van der Waals surface area contributed by atoms with E-state index in [1.54, 1.807) is 5.57 Å². The highest BCUT2D eigenvalue weighted by Crippen LogP contribution is 2.70. The molecule has 2 aliphatic heterocycles. The number of hydrogen-bond acceptors (Lipinski definition) is 3. The van der Waals surface area contributed by atoms with Gasteiger partial charge in [0.15, 0.2) is 5.79 Å². The van der Waals surface area contributed by atoms with Crippen LogP contribution in [-0.4, -0.2) is 29.7 Å². The van der Waals surface area contributed by atoms with Crippen LogP contribution in [0, 0.1) is 46.3 Å². The van der Waals surface area contributed by atoms with Gasteiger partial charge in [-0.3, -0.25) is 0 Å². The van der Waals surface area contributed by atoms with E-state index in [0.29, 0.717) is 34.7 Å². The van der Waals surface area contributed by atoms with E-state index < -0.39 is 0 Å². The van der Waals surface area contributed by atoms with Gasteiger partial charge in [0, 0.05) is 12.3 Å². The third kappa shape index (κ3) is 2.55. The second kappa shape index (κ2) is 6.58. The van der Waals surface area contributed by atoms with Crippen LogP contribution >= 0.6 is 0 Å². The summed E-state index contributed by atoms with van der Waals surface area (Å²) < 4.78 is 13.3. The maximum absolute atomic E-state index is 10.3. The summed E-state index contributed by atoms with van der Waals surface area (Å²) in [7, 11) is 0. The minimum absolute atomic E-state index is 0.107. The van der Waals surface area contributed by atoms with Crippen molar-refractivity contribution in [2.75, 3.05) is 6.61 Å². The van der Waals surface area contributed by atoms with Crippen LogP contribution in [-0.2, 0) is 9.47 Å². The molecule has 0 aromatic carbocycles. The van der Waals surface area contributed by atoms with Gasteiger partial charge in [0.1, 0.15) is 0 Å². The summed E-state index contributed by atoms with van der Waals surface area (Å²) in [5, 5.41) is 10.3. The Labute approximate surface area is 183 Å². The number of hydrogen-bond donors (Lipinski definition) is 1. The third-order valence-corrected chi connectivity index (χ3v) is 11.3. The topological polar surface area (TPSA) is 38.7 Å². The predicted molar refractivity (Wildman–Crippen MR) is 118 cm³/mol. The van der Waals surface area contributed by atoms with Gasteiger partial charge in [0.2, 0.25) is 0 Å². The molecule has 1 N–H and O–H groups in total. The van der Waals surface area contributed by atoms with Crippen LogP contribution in [0.4, 0.5) is 0 Å². The van der Waals surface area contributed by atoms with Gasteiger partial charge in [-0.25, -0.2) is 0 Å². The second-order valence-electron chi connectivity index (χ2n) is 12.7. The molecule has 0 amide bonds. The first-order chi connectivity index (χ1) is 14.3. The zero-order valence-corrected chi connectivity index (χ0v) is 19.5. The van der Waals surface area contributed by atoms with Crippen molar-refractivity contribution < 1.29 is 14.6 Å². The Morgan fingerprint density at radius 2 is 1.87 bits per heavy atom. The molecule has 6 aliphatic rings. The molecule has 0 radical (unpaired) electrons. The molecule has 0 aromatic heterocycles. The number of fused-ring (bicyclic) bond motifs is 7. The lowest BCUT2D eigenvalue weighted by atomic mass is 9.47. The molecule has 4 aliphatic carbocycles. The van der Waals surface area contributed by atoms with E-state index in [4.69, 9.17) is 9.47 Å². The zero-order valence-electron chi connectivity index (χ0n) is 19.5. The minimum Gasteiger partial charge on any atom is -0.393 e. The van der Waals surface area contributed by atoms with Crippen molar-refractivity contribution in [3.8, 4) is 0 Å². The Bertz CT molecular complexity index is 736. The highest BCUT2D eigenvalue weighted by Gasteiger charge is 2.68. The van der Waals surface area contributed by atoms with Gasteiger partial charge in [-0.05, 0) is 91.8 Å². The summed E-state index contributed by atoms with van der Waals surface area (Å²) in [6.45, 7) is 10.8. The highest BCUT2D eigenvalue weighted by molar-refractivity contribution is 5.26. The fourth-order valence-corrected chi connectivity index (χ4v) is 9.66. The molecule has 0 aromatic rings. The maximum atomic E-state index is 10.3. The first-order valence-corrected chi connectivity index (χ1v) is 13.0. The van der Waals surface area contributed by atoms with Crippen molar-refractivity contribution >= 4 is 0 Å². The number of allylic oxidation sites excluding steroid dienone is 1. The summed E-state index contributed by atoms with van der Waals surface area (Å²) >= 11 is 0. The van der Waals surface area contributed by atoms with E-state index >= 15 is 0 Å². The number of aliphatic hydroxyl groups excluding tert-OH is 1. The normalized spacial score (nSPS) is 59.8. The molecule has 1 spiro atoms. The Kier molecular flexibility index (Phi) is 4.44. The molecule has 168 valence electrons. The predicted octanol–water partition coefficient (Wildman–Crippen LogP) is 5.71. The first kappa shape index (κ1) is 20.2. The van der Waals surface area contributed by atoms with E-state index in [-0.39, 0.29) is 11.9 Å². The van der Waals surface area contributed by atoms with Crippen LogP contribution in [0.25, 0.3) is 0 Å². The molecule has 30 heavy (non-hydrogen) atoms. The number of ether oxygens (including phenoxy) is 2. The lowest BCUT2D eigenvalue weighted by Gasteiger charge is -2.58. The van der Waals surface area contributed by atoms with Crippen LogP contribution < -0.4 is 0 Å². The molecule has 2 heterocycles. The van der Waals surface area contributed by atoms with Crippen molar-refractivity contribution in [1.29, 1.82) is 0 Å². The van der Waals surface area contributed by atoms with Gasteiger partial charge < -0.3 is 14.6 Å². The molecule has 5 fully saturated rings. The largest absolute Gasteiger partial charge is 0.393 e. The monoisotopic (exact) mass is 414 g/mol. The summed E-state index contributed by atoms with van der Waals surface area (Å²) in [5.41, 5.74) is 2.31. The summed E-state index contributed by atoms with van der Waals surface area (Å²) in [6.07, 6.45) is 13.5. The summed E-state index contributed by atoms with van der Waals surface area (Å²) in [4.78, 5) is 0. The fourth-order valence-electron chi connectivity index (χ4n) is 9.66. The highest BCUT2D eigenvalue weighted by atomic mass is 16.7. The van der Waals surface area contributed by atoms with Crippen LogP contribution in [0.15, 0.2) is 11.6 Å². The van der Waals surface area contributed by atoms with E-state index in [2.05, 4.69) is 33.8 Å². The second-order valence-corrected chi connectivity index (χ2v) is 12.7. The fraction of sp³-hybridized carbons (Fsp3) is 0.926. The molecule has 2 saturated heterocycles. The van der Waals surface area contributed by atoms with Crippen molar-refractivity contribution in [1.82, 2.24) is 0 Å². The van der Waals surface area contributed by atoms with Gasteiger partial charge in [-0.1, -0.05) is 39.3 Å².